The van der Waals surface area contributed by atoms with Crippen LogP contribution in [0.2, 0.25) is 0 Å². The Morgan fingerprint density at radius 2 is 1.08 bits per heavy atom. The highest BCUT2D eigenvalue weighted by Gasteiger charge is 2.50. The molecule has 6 fully saturated rings. The van der Waals surface area contributed by atoms with Crippen LogP contribution in [0.15, 0.2) is 41.4 Å². The summed E-state index contributed by atoms with van der Waals surface area (Å²) in [6.45, 7) is 0.777. The molecule has 4 aliphatic carbocycles. The van der Waals surface area contributed by atoms with Gasteiger partial charge in [0.2, 0.25) is 0 Å². The summed E-state index contributed by atoms with van der Waals surface area (Å²) in [5, 5.41) is 196. The van der Waals surface area contributed by atoms with Gasteiger partial charge in [0.1, 0.15) is 54.5 Å². The van der Waals surface area contributed by atoms with Gasteiger partial charge >= 0.3 is 0 Å². The second-order valence-electron chi connectivity index (χ2n) is 26.5. The van der Waals surface area contributed by atoms with Crippen molar-refractivity contribution in [1.29, 1.82) is 0 Å². The van der Waals surface area contributed by atoms with Gasteiger partial charge in [-0.25, -0.2) is 5.84 Å². The Morgan fingerprint density at radius 1 is 0.568 bits per heavy atom. The highest BCUT2D eigenvalue weighted by Crippen LogP contribution is 2.38. The molecule has 0 spiro atoms. The molecule has 1 aromatic rings. The normalized spacial score (nSPS) is 43.9. The van der Waals surface area contributed by atoms with Crippen molar-refractivity contribution in [2.24, 2.45) is 23.4 Å². The summed E-state index contributed by atoms with van der Waals surface area (Å²) in [7, 11) is 0. The number of aliphatic hydroxyl groups is 17. The van der Waals surface area contributed by atoms with Crippen molar-refractivity contribution in [1.82, 2.24) is 30.6 Å². The molecular formula is C60H102N8O27. The summed E-state index contributed by atoms with van der Waals surface area (Å²) in [5.74, 6) is 5.05. The zero-order valence-corrected chi connectivity index (χ0v) is 53.3. The van der Waals surface area contributed by atoms with Gasteiger partial charge in [-0.05, 0) is 44.3 Å². The quantitative estimate of drug-likeness (QED) is 0.0210. The van der Waals surface area contributed by atoms with Gasteiger partial charge in [-0.1, -0.05) is 17.4 Å². The summed E-state index contributed by atoms with van der Waals surface area (Å²) in [4.78, 5) is 0. The molecule has 4 saturated heterocycles. The molecule has 23 N–H and O–H groups in total. The Bertz CT molecular complexity index is 2580. The van der Waals surface area contributed by atoms with Crippen LogP contribution in [0, 0.1) is 11.8 Å². The van der Waals surface area contributed by atoms with Crippen LogP contribution in [-0.4, -0.2) is 337 Å². The maximum atomic E-state index is 11.4. The van der Waals surface area contributed by atoms with Crippen LogP contribution < -0.4 is 22.2 Å². The molecule has 2 saturated carbocycles. The van der Waals surface area contributed by atoms with E-state index in [1.807, 2.05) is 0 Å². The van der Waals surface area contributed by atoms with Crippen LogP contribution in [0.5, 0.6) is 0 Å². The van der Waals surface area contributed by atoms with E-state index in [-0.39, 0.29) is 101 Å². The number of ether oxygens (including phenoxy) is 10. The first-order valence-corrected chi connectivity index (χ1v) is 32.8. The fourth-order valence-corrected chi connectivity index (χ4v) is 14.3. The van der Waals surface area contributed by atoms with E-state index in [1.54, 1.807) is 26.1 Å². The third kappa shape index (κ3) is 19.2. The van der Waals surface area contributed by atoms with Crippen molar-refractivity contribution in [3.05, 3.63) is 47.1 Å². The molecule has 3 unspecified atom stereocenters. The van der Waals surface area contributed by atoms with Crippen molar-refractivity contribution < 1.29 is 134 Å². The molecule has 0 radical (unpaired) electrons. The predicted octanol–water partition coefficient (Wildman–Crippen LogP) is -8.77. The topological polar surface area (TPSA) is 546 Å². The van der Waals surface area contributed by atoms with Crippen molar-refractivity contribution in [3.8, 4) is 0 Å². The van der Waals surface area contributed by atoms with E-state index in [1.165, 1.54) is 22.0 Å². The highest BCUT2D eigenvalue weighted by molar-refractivity contribution is 5.22. The standard InChI is InChI=1S/C60H102N8O27/c1-26-51(63-33-5-28(18-69)53(82)40(77)9-33)38(75)12-49(88-26)94-60-44(81)15-50(92-46(60)23-74)95-59-43(80)14-47(91-45(59)22-73)87-25-34-17-68(66-65-34)4-3-67(62)16-32(61)24-86-35-6-30(20-71)57(41(78)10-35)90-36-7-31(21-72)58(42(79)11-36)93-48-13-39(76)52(27(2)89-48)64-37-8-29(19-70)54(83)56(85)55(37)84/h5,8,16-17,26-27,30-31,33,35-60,63-64,69-85H,3-4,6-7,9-15,18-25,61-62H2,1-2H3/b32-16-/t26-,27-,30-,31-,33+,35-,36+,37+,38-,39-,40-,41?,42-,43-,44-,45-,46-,47-,48-,49-,50-,51-,52-,53-,54-,55?,56+,57-,58-,59?,60+/m1/s1. The molecule has 544 valence electrons. The lowest BCUT2D eigenvalue weighted by atomic mass is 9.80. The zero-order valence-electron chi connectivity index (χ0n) is 53.3. The van der Waals surface area contributed by atoms with Crippen LogP contribution in [-0.2, 0) is 60.5 Å². The Hall–Kier alpha value is -3.24. The summed E-state index contributed by atoms with van der Waals surface area (Å²) in [6.07, 6.45) is -19.9. The van der Waals surface area contributed by atoms with Gasteiger partial charge in [-0.2, -0.15) is 0 Å². The maximum Gasteiger partial charge on any atom is 0.161 e. The molecule has 0 aromatic carbocycles. The van der Waals surface area contributed by atoms with Crippen molar-refractivity contribution in [2.45, 2.75) is 262 Å². The molecule has 35 nitrogen and oxygen atoms in total. The minimum atomic E-state index is -1.57. The second-order valence-corrected chi connectivity index (χ2v) is 26.5. The Morgan fingerprint density at radius 3 is 1.67 bits per heavy atom. The molecule has 4 aliphatic heterocycles. The molecule has 35 heteroatoms. The van der Waals surface area contributed by atoms with E-state index in [0.717, 1.165) is 0 Å². The molecule has 9 rings (SSSR count). The number of nitrogens with two attached hydrogens (primary N) is 2. The zero-order chi connectivity index (χ0) is 68.5. The third-order valence-electron chi connectivity index (χ3n) is 19.4. The first-order chi connectivity index (χ1) is 45.4. The molecule has 0 amide bonds. The fourth-order valence-electron chi connectivity index (χ4n) is 14.3. The SMILES string of the molecule is C[C@H]1O[C@H](O[C@@H]2[C@@H](CO)C[C@H](O[C@H]3C(O)C[C@H](OC/C(N)=C/N(N)CCn4cc(CO[C@H]5C[C@@H](O)C(O[C@@H]6C[C@@H](O)[C@H](O[C@@H]7C[C@@H](O)[C@H](N[C@H]8C=C(CO)[C@@H](O)[C@H](O)C8)[C@@H](C)O7)[C@@H](CO)O6)[C@@H](CO)O5)nn4)C[C@@H]3CO)C[C@H]2O)C[C@@H](O)[C@@H]1N[C@H]1C=C(CO)[C@@H](O)[C@H](O)C1O. The third-order valence-corrected chi connectivity index (χ3v) is 19.4. The van der Waals surface area contributed by atoms with E-state index in [2.05, 4.69) is 20.9 Å². The van der Waals surface area contributed by atoms with E-state index in [4.69, 9.17) is 58.9 Å². The Labute approximate surface area is 548 Å². The molecule has 8 aliphatic rings. The maximum absolute atomic E-state index is 11.4. The lowest BCUT2D eigenvalue weighted by molar-refractivity contribution is -0.338. The number of aliphatic hydroxyl groups excluding tert-OH is 17. The number of hydrazine groups is 1. The van der Waals surface area contributed by atoms with Crippen molar-refractivity contribution >= 4 is 0 Å². The second kappa shape index (κ2) is 34.9. The average Bonchev–Trinajstić information content (AvgIpc) is 1.06. The summed E-state index contributed by atoms with van der Waals surface area (Å²) in [6, 6.07) is -2.78. The first kappa shape index (κ1) is 76.0. The number of aromatic nitrogens is 3. The lowest BCUT2D eigenvalue weighted by Crippen LogP contribution is -2.63. The molecular weight excluding hydrogens is 1260 g/mol. The Balaban J connectivity index is 0.656. The minimum Gasteiger partial charge on any atom is -0.399 e. The van der Waals surface area contributed by atoms with Crippen LogP contribution >= 0.6 is 0 Å². The smallest absolute Gasteiger partial charge is 0.161 e. The summed E-state index contributed by atoms with van der Waals surface area (Å²) < 4.78 is 62.3. The number of rotatable bonds is 28. The fraction of sp³-hybridized carbons (Fsp3) is 0.867. The summed E-state index contributed by atoms with van der Waals surface area (Å²) >= 11 is 0. The van der Waals surface area contributed by atoms with Crippen LogP contribution in [0.25, 0.3) is 0 Å². The molecule has 0 bridgehead atoms. The number of hydrogen-bond donors (Lipinski definition) is 21. The van der Waals surface area contributed by atoms with Crippen molar-refractivity contribution in [2.75, 3.05) is 52.8 Å². The van der Waals surface area contributed by atoms with Crippen LogP contribution in [0.3, 0.4) is 0 Å². The Kier molecular flexibility index (Phi) is 27.9. The summed E-state index contributed by atoms with van der Waals surface area (Å²) in [5.41, 5.74) is 7.34. The number of hydrogen-bond acceptors (Lipinski definition) is 34. The minimum absolute atomic E-state index is 0.0360. The molecule has 1 aromatic heterocycles. The molecule has 95 heavy (non-hydrogen) atoms. The van der Waals surface area contributed by atoms with Gasteiger partial charge in [0.05, 0.1) is 162 Å². The van der Waals surface area contributed by atoms with Gasteiger partial charge in [0, 0.05) is 75.8 Å². The van der Waals surface area contributed by atoms with Gasteiger partial charge < -0.3 is 156 Å². The largest absolute Gasteiger partial charge is 0.399 e. The average molecular weight is 1370 g/mol. The number of nitrogens with zero attached hydrogens (tertiary/aromatic N) is 4. The molecule has 5 heterocycles. The first-order valence-electron chi connectivity index (χ1n) is 32.8. The molecule has 31 atom stereocenters. The van der Waals surface area contributed by atoms with Gasteiger partial charge in [-0.3, -0.25) is 4.68 Å². The van der Waals surface area contributed by atoms with Gasteiger partial charge in [0.15, 0.2) is 25.2 Å². The van der Waals surface area contributed by atoms with E-state index in [0.29, 0.717) is 12.1 Å². The van der Waals surface area contributed by atoms with Gasteiger partial charge in [0.25, 0.3) is 0 Å². The predicted molar refractivity (Wildman–Crippen MR) is 322 cm³/mol. The monoisotopic (exact) mass is 1370 g/mol. The highest BCUT2D eigenvalue weighted by atomic mass is 16.7. The van der Waals surface area contributed by atoms with E-state index in [9.17, 15) is 86.8 Å². The lowest BCUT2D eigenvalue weighted by Gasteiger charge is -2.46. The van der Waals surface area contributed by atoms with E-state index < -0.39 is 222 Å². The van der Waals surface area contributed by atoms with Crippen molar-refractivity contribution in [3.63, 3.8) is 0 Å². The van der Waals surface area contributed by atoms with Crippen LogP contribution in [0.4, 0.5) is 0 Å². The van der Waals surface area contributed by atoms with Gasteiger partial charge in [-0.15, -0.1) is 5.10 Å². The van der Waals surface area contributed by atoms with Crippen LogP contribution in [0.1, 0.15) is 77.3 Å². The number of nitrogens with one attached hydrogen (secondary N) is 2. The van der Waals surface area contributed by atoms with E-state index >= 15 is 0 Å².